The van der Waals surface area contributed by atoms with Crippen LogP contribution in [0.1, 0.15) is 29.9 Å². The van der Waals surface area contributed by atoms with E-state index in [1.54, 1.807) is 0 Å². The Bertz CT molecular complexity index is 843. The number of hydrogen-bond acceptors (Lipinski definition) is 3. The zero-order valence-corrected chi connectivity index (χ0v) is 17.2. The molecule has 154 valence electrons. The fourth-order valence-corrected chi connectivity index (χ4v) is 3.81. The van der Waals surface area contributed by atoms with Gasteiger partial charge in [0.05, 0.1) is 27.7 Å². The first-order chi connectivity index (χ1) is 13.8. The molecule has 0 aromatic heterocycles. The summed E-state index contributed by atoms with van der Waals surface area (Å²) in [5.74, 6) is -1.09. The number of carboxylic acid groups (broad SMARTS) is 1. The van der Waals surface area contributed by atoms with Gasteiger partial charge in [0.2, 0.25) is 0 Å². The maximum absolute atomic E-state index is 12.3. The molecule has 1 aliphatic carbocycles. The van der Waals surface area contributed by atoms with Gasteiger partial charge in [-0.05, 0) is 35.1 Å². The minimum atomic E-state index is -1.04. The van der Waals surface area contributed by atoms with E-state index < -0.39 is 18.1 Å². The van der Waals surface area contributed by atoms with Crippen molar-refractivity contribution in [1.82, 2.24) is 5.32 Å². The zero-order chi connectivity index (χ0) is 21.0. The number of alkyl carbamates (subject to hydrolysis) is 1. The summed E-state index contributed by atoms with van der Waals surface area (Å²) in [6.07, 6.45) is 0.378. The van der Waals surface area contributed by atoms with E-state index in [0.717, 1.165) is 33.3 Å². The lowest BCUT2D eigenvalue weighted by Crippen LogP contribution is -2.42. The highest BCUT2D eigenvalue weighted by molar-refractivity contribution is 5.81. The Balaban J connectivity index is 1.61. The molecule has 2 N–H and O–H groups in total. The highest BCUT2D eigenvalue weighted by atomic mass is 16.5. The van der Waals surface area contributed by atoms with Gasteiger partial charge >= 0.3 is 12.1 Å². The van der Waals surface area contributed by atoms with Gasteiger partial charge in [-0.2, -0.15) is 0 Å². The number of ether oxygens (including phenoxy) is 1. The molecule has 0 saturated heterocycles. The predicted molar refractivity (Wildman–Crippen MR) is 112 cm³/mol. The summed E-state index contributed by atoms with van der Waals surface area (Å²) in [4.78, 5) is 23.8. The molecule has 2 aromatic rings. The van der Waals surface area contributed by atoms with Crippen molar-refractivity contribution < 1.29 is 23.9 Å². The van der Waals surface area contributed by atoms with Crippen molar-refractivity contribution in [3.05, 3.63) is 59.7 Å². The number of nitrogens with zero attached hydrogens (tertiary/aromatic N) is 1. The Labute approximate surface area is 171 Å². The van der Waals surface area contributed by atoms with E-state index in [4.69, 9.17) is 4.74 Å². The number of aliphatic carboxylic acids is 1. The summed E-state index contributed by atoms with van der Waals surface area (Å²) >= 11 is 0. The lowest BCUT2D eigenvalue weighted by molar-refractivity contribution is -0.870. The van der Waals surface area contributed by atoms with Gasteiger partial charge in [-0.15, -0.1) is 0 Å². The second-order valence-electron chi connectivity index (χ2n) is 8.52. The monoisotopic (exact) mass is 397 g/mol. The molecule has 1 amide bonds. The van der Waals surface area contributed by atoms with Gasteiger partial charge in [0.25, 0.3) is 0 Å². The smallest absolute Gasteiger partial charge is 0.407 e. The van der Waals surface area contributed by atoms with Gasteiger partial charge in [0.15, 0.2) is 0 Å². The molecule has 0 bridgehead atoms. The number of benzene rings is 2. The Morgan fingerprint density at radius 3 is 2.10 bits per heavy atom. The first kappa shape index (κ1) is 20.9. The molecule has 29 heavy (non-hydrogen) atoms. The van der Waals surface area contributed by atoms with E-state index in [1.165, 1.54) is 0 Å². The number of nitrogens with one attached hydrogen (secondary N) is 1. The van der Waals surface area contributed by atoms with E-state index in [1.807, 2.05) is 36.4 Å². The molecule has 0 unspecified atom stereocenters. The van der Waals surface area contributed by atoms with Crippen LogP contribution < -0.4 is 5.32 Å². The van der Waals surface area contributed by atoms with Crippen molar-refractivity contribution in [1.29, 1.82) is 0 Å². The van der Waals surface area contributed by atoms with Crippen LogP contribution in [-0.4, -0.2) is 62.0 Å². The van der Waals surface area contributed by atoms with Crippen LogP contribution in [0.4, 0.5) is 4.79 Å². The fourth-order valence-electron chi connectivity index (χ4n) is 3.81. The molecule has 6 heteroatoms. The van der Waals surface area contributed by atoms with Crippen LogP contribution in [0.3, 0.4) is 0 Å². The lowest BCUT2D eigenvalue weighted by Gasteiger charge is -2.24. The van der Waals surface area contributed by atoms with E-state index >= 15 is 0 Å². The summed E-state index contributed by atoms with van der Waals surface area (Å²) in [5, 5.41) is 11.9. The summed E-state index contributed by atoms with van der Waals surface area (Å²) in [6, 6.07) is 15.2. The number of rotatable bonds is 8. The lowest BCUT2D eigenvalue weighted by atomic mass is 9.98. The second-order valence-corrected chi connectivity index (χ2v) is 8.52. The predicted octanol–water partition coefficient (Wildman–Crippen LogP) is 3.46. The van der Waals surface area contributed by atoms with Gasteiger partial charge in [0, 0.05) is 5.92 Å². The van der Waals surface area contributed by atoms with Crippen LogP contribution >= 0.6 is 0 Å². The summed E-state index contributed by atoms with van der Waals surface area (Å²) < 4.78 is 6.20. The van der Waals surface area contributed by atoms with Crippen molar-refractivity contribution in [3.8, 4) is 11.1 Å². The van der Waals surface area contributed by atoms with E-state index in [9.17, 15) is 14.7 Å². The number of amides is 1. The second kappa shape index (κ2) is 8.66. The largest absolute Gasteiger partial charge is 0.480 e. The van der Waals surface area contributed by atoms with Crippen LogP contribution in [0.2, 0.25) is 0 Å². The van der Waals surface area contributed by atoms with Crippen molar-refractivity contribution in [2.24, 2.45) is 0 Å². The standard InChI is InChI=1S/C23H28N2O4/c1-25(2,3)14-8-13-21(22(26)27)24-23(28)29-15-20-18-11-6-4-9-16(18)17-10-5-7-12-19(17)20/h4-7,9-12,20-21H,8,13-15H2,1-3H3,(H-,24,26,27,28)/p+1/t21-/m0/s1. The highest BCUT2D eigenvalue weighted by Crippen LogP contribution is 2.44. The molecule has 3 rings (SSSR count). The third-order valence-electron chi connectivity index (χ3n) is 5.26. The Morgan fingerprint density at radius 2 is 1.59 bits per heavy atom. The first-order valence-corrected chi connectivity index (χ1v) is 9.91. The van der Waals surface area contributed by atoms with Crippen LogP contribution in [0, 0.1) is 0 Å². The molecule has 0 radical (unpaired) electrons. The molecule has 0 heterocycles. The Hall–Kier alpha value is -2.86. The van der Waals surface area contributed by atoms with Gasteiger partial charge in [0.1, 0.15) is 12.6 Å². The van der Waals surface area contributed by atoms with Crippen LogP contribution in [0.5, 0.6) is 0 Å². The topological polar surface area (TPSA) is 75.6 Å². The molecule has 2 aromatic carbocycles. The summed E-state index contributed by atoms with van der Waals surface area (Å²) in [5.41, 5.74) is 4.56. The molecule has 1 atom stereocenters. The van der Waals surface area contributed by atoms with Crippen LogP contribution in [-0.2, 0) is 9.53 Å². The molecular weight excluding hydrogens is 368 g/mol. The number of carbonyl (C=O) groups excluding carboxylic acids is 1. The molecular formula is C23H29N2O4+. The highest BCUT2D eigenvalue weighted by Gasteiger charge is 2.29. The van der Waals surface area contributed by atoms with Crippen molar-refractivity contribution in [3.63, 3.8) is 0 Å². The summed E-state index contributed by atoms with van der Waals surface area (Å²) in [6.45, 7) is 1.00. The Kier molecular flexibility index (Phi) is 6.23. The normalized spacial score (nSPS) is 14.0. The van der Waals surface area contributed by atoms with E-state index in [2.05, 4.69) is 38.6 Å². The Morgan fingerprint density at radius 1 is 1.03 bits per heavy atom. The average molecular weight is 397 g/mol. The van der Waals surface area contributed by atoms with Gasteiger partial charge in [-0.1, -0.05) is 48.5 Å². The average Bonchev–Trinajstić information content (AvgIpc) is 2.98. The minimum absolute atomic E-state index is 0.0466. The van der Waals surface area contributed by atoms with Crippen molar-refractivity contribution in [2.75, 3.05) is 34.3 Å². The summed E-state index contributed by atoms with van der Waals surface area (Å²) in [7, 11) is 6.15. The minimum Gasteiger partial charge on any atom is -0.480 e. The molecule has 0 fully saturated rings. The van der Waals surface area contributed by atoms with E-state index in [-0.39, 0.29) is 12.5 Å². The maximum atomic E-state index is 12.3. The number of hydrogen-bond donors (Lipinski definition) is 2. The van der Waals surface area contributed by atoms with Crippen LogP contribution in [0.25, 0.3) is 11.1 Å². The molecule has 6 nitrogen and oxygen atoms in total. The van der Waals surface area contributed by atoms with Crippen molar-refractivity contribution >= 4 is 12.1 Å². The van der Waals surface area contributed by atoms with Crippen LogP contribution in [0.15, 0.2) is 48.5 Å². The fraction of sp³-hybridized carbons (Fsp3) is 0.391. The maximum Gasteiger partial charge on any atom is 0.407 e. The van der Waals surface area contributed by atoms with Gasteiger partial charge in [-0.3, -0.25) is 0 Å². The number of fused-ring (bicyclic) bond motifs is 3. The zero-order valence-electron chi connectivity index (χ0n) is 17.2. The number of carboxylic acids is 1. The molecule has 1 aliphatic rings. The first-order valence-electron chi connectivity index (χ1n) is 9.91. The molecule has 0 aliphatic heterocycles. The number of carbonyl (C=O) groups is 2. The third-order valence-corrected chi connectivity index (χ3v) is 5.26. The van der Waals surface area contributed by atoms with Gasteiger partial charge < -0.3 is 19.6 Å². The number of quaternary nitrogens is 1. The van der Waals surface area contributed by atoms with E-state index in [0.29, 0.717) is 12.8 Å². The quantitative estimate of drug-likeness (QED) is 0.669. The van der Waals surface area contributed by atoms with Crippen molar-refractivity contribution in [2.45, 2.75) is 24.8 Å². The molecule has 0 saturated carbocycles. The SMILES string of the molecule is C[N+](C)(C)CCC[C@H](NC(=O)OCC1c2ccccc2-c2ccccc21)C(=O)O. The third kappa shape index (κ3) is 5.15. The molecule has 0 spiro atoms. The van der Waals surface area contributed by atoms with Gasteiger partial charge in [-0.25, -0.2) is 9.59 Å².